The first kappa shape index (κ1) is 36.6. The van der Waals surface area contributed by atoms with Gasteiger partial charge in [0.2, 0.25) is 0 Å². The molecule has 0 radical (unpaired) electrons. The zero-order valence-corrected chi connectivity index (χ0v) is 34.0. The van der Waals surface area contributed by atoms with E-state index in [9.17, 15) is 0 Å². The lowest BCUT2D eigenvalue weighted by atomic mass is 9.87. The van der Waals surface area contributed by atoms with Gasteiger partial charge in [-0.2, -0.15) is 0 Å². The van der Waals surface area contributed by atoms with Crippen LogP contribution in [0.4, 0.5) is 0 Å². The van der Waals surface area contributed by atoms with Gasteiger partial charge in [-0.3, -0.25) is 0 Å². The molecule has 0 spiro atoms. The minimum Gasteiger partial charge on any atom is -0.0984 e. The Hall–Kier alpha value is -7.02. The molecule has 6 aromatic rings. The maximum absolute atomic E-state index is 4.85. The van der Waals surface area contributed by atoms with Crippen LogP contribution in [0, 0.1) is 0 Å². The average Bonchev–Trinajstić information content (AvgIpc) is 3.82. The van der Waals surface area contributed by atoms with E-state index in [-0.39, 0.29) is 0 Å². The molecule has 0 atom stereocenters. The van der Waals surface area contributed by atoms with Gasteiger partial charge in [0, 0.05) is 0 Å². The molecule has 0 amide bonds. The Morgan fingerprint density at radius 3 is 1.88 bits per heavy atom. The molecular weight excluding hydrogens is 697 g/mol. The number of rotatable bonds is 6. The molecule has 58 heavy (non-hydrogen) atoms. The molecule has 278 valence electrons. The lowest BCUT2D eigenvalue weighted by Gasteiger charge is -2.16. The molecule has 0 aromatic heterocycles. The first-order valence-electron chi connectivity index (χ1n) is 19.9. The van der Waals surface area contributed by atoms with Gasteiger partial charge in [-0.25, -0.2) is 0 Å². The van der Waals surface area contributed by atoms with Gasteiger partial charge in [-0.05, 0) is 182 Å². The topological polar surface area (TPSA) is 0 Å². The number of fused-ring (bicyclic) bond motifs is 10. The third-order valence-electron chi connectivity index (χ3n) is 12.5. The summed E-state index contributed by atoms with van der Waals surface area (Å²) in [5.74, 6) is 0. The van der Waals surface area contributed by atoms with Gasteiger partial charge in [0.15, 0.2) is 0 Å². The molecule has 0 bridgehead atoms. The van der Waals surface area contributed by atoms with Crippen LogP contribution >= 0.6 is 0 Å². The monoisotopic (exact) mass is 742 g/mol. The number of allylic oxidation sites excluding steroid dienone is 13. The van der Waals surface area contributed by atoms with Crippen molar-refractivity contribution in [2.24, 2.45) is 0 Å². The second-order valence-corrected chi connectivity index (χ2v) is 15.7. The highest BCUT2D eigenvalue weighted by Crippen LogP contribution is 2.52. The van der Waals surface area contributed by atoms with Crippen molar-refractivity contribution in [2.45, 2.75) is 27.7 Å². The van der Waals surface area contributed by atoms with Gasteiger partial charge in [-0.1, -0.05) is 161 Å². The zero-order valence-electron chi connectivity index (χ0n) is 34.0. The van der Waals surface area contributed by atoms with Gasteiger partial charge < -0.3 is 0 Å². The molecule has 0 nitrogen and oxygen atoms in total. The van der Waals surface area contributed by atoms with Crippen molar-refractivity contribution in [3.8, 4) is 22.3 Å². The lowest BCUT2D eigenvalue weighted by molar-refractivity contribution is 1.31. The molecule has 0 saturated heterocycles. The number of hydrogen-bond donors (Lipinski definition) is 0. The Morgan fingerprint density at radius 1 is 0.586 bits per heavy atom. The van der Waals surface area contributed by atoms with Gasteiger partial charge in [0.1, 0.15) is 0 Å². The number of hydrogen-bond acceptors (Lipinski definition) is 0. The molecule has 0 heteroatoms. The first-order chi connectivity index (χ1) is 28.0. The molecule has 9 rings (SSSR count). The van der Waals surface area contributed by atoms with E-state index in [4.69, 9.17) is 19.7 Å². The molecule has 0 unspecified atom stereocenters. The summed E-state index contributed by atoms with van der Waals surface area (Å²) in [6, 6.07) is 32.7. The largest absolute Gasteiger partial charge is 0.0984 e. The van der Waals surface area contributed by atoms with Crippen LogP contribution in [0.25, 0.3) is 91.4 Å². The van der Waals surface area contributed by atoms with Gasteiger partial charge in [0.05, 0.1) is 0 Å². The van der Waals surface area contributed by atoms with Crippen molar-refractivity contribution in [1.29, 1.82) is 0 Å². The lowest BCUT2D eigenvalue weighted by Crippen LogP contribution is -2.26. The SMILES string of the molecule is C=CC1=C(/C=C\C)C(/C=C(C(=C)C)/C(C)=C2/C(=C)c3c(ccc4c3c(=C)c(=C)c3c5c(ccc34)-c3cc(-c4ccccc4)ccc3C5=C)/C2=C/C)=c2c1cccc2=C. The van der Waals surface area contributed by atoms with E-state index < -0.39 is 0 Å². The highest BCUT2D eigenvalue weighted by atomic mass is 14.3. The molecule has 6 aromatic carbocycles. The normalized spacial score (nSPS) is 16.2. The molecule has 0 fully saturated rings. The Bertz CT molecular complexity index is 3340. The fourth-order valence-corrected chi connectivity index (χ4v) is 9.90. The van der Waals surface area contributed by atoms with Crippen LogP contribution in [-0.2, 0) is 0 Å². The second-order valence-electron chi connectivity index (χ2n) is 15.7. The molecule has 0 heterocycles. The maximum atomic E-state index is 4.85. The summed E-state index contributed by atoms with van der Waals surface area (Å²) >= 11 is 0. The summed E-state index contributed by atoms with van der Waals surface area (Å²) in [5, 5.41) is 8.50. The van der Waals surface area contributed by atoms with E-state index in [0.29, 0.717) is 0 Å². The maximum Gasteiger partial charge on any atom is -0.00201 e. The van der Waals surface area contributed by atoms with E-state index >= 15 is 0 Å². The standard InChI is InChI=1S/C58H46/c1-12-19-44-41(13-2)45-23-18-20-33(6)53(45)52(44)31-50(32(4)5)37(10)54-38(11)58-46(42(54)14-3)26-27-48-47-28-29-49-51-30-40(39-21-16-15-17-22-39)24-25-43(51)36(9)57(49)55(47)34(7)35(8)56(48)58/h12-31H,2,4,6-9,11H2,1,3,5,10H3/b19-12-,42-14-,50-31+,54-37-. The molecule has 0 saturated carbocycles. The summed E-state index contributed by atoms with van der Waals surface area (Å²) in [4.78, 5) is 0. The van der Waals surface area contributed by atoms with Crippen molar-refractivity contribution in [2.75, 3.05) is 0 Å². The van der Waals surface area contributed by atoms with Crippen molar-refractivity contribution in [3.05, 3.63) is 224 Å². The third kappa shape index (κ3) is 5.08. The van der Waals surface area contributed by atoms with Crippen LogP contribution in [0.5, 0.6) is 0 Å². The van der Waals surface area contributed by atoms with Crippen molar-refractivity contribution in [1.82, 2.24) is 0 Å². The highest BCUT2D eigenvalue weighted by molar-refractivity contribution is 6.22. The van der Waals surface area contributed by atoms with Crippen LogP contribution in [0.2, 0.25) is 0 Å². The molecule has 0 N–H and O–H groups in total. The third-order valence-corrected chi connectivity index (χ3v) is 12.5. The smallest absolute Gasteiger partial charge is 0.00201 e. The van der Waals surface area contributed by atoms with Crippen molar-refractivity contribution >= 4 is 69.1 Å². The minimum absolute atomic E-state index is 0.923. The Labute approximate surface area is 341 Å². The van der Waals surface area contributed by atoms with Gasteiger partial charge in [0.25, 0.3) is 0 Å². The number of benzene rings is 6. The average molecular weight is 743 g/mol. The highest BCUT2D eigenvalue weighted by Gasteiger charge is 2.32. The fraction of sp³-hybridized carbons (Fsp3) is 0.0690. The fourth-order valence-electron chi connectivity index (χ4n) is 9.90. The molecular formula is C58H46. The van der Waals surface area contributed by atoms with Gasteiger partial charge in [-0.15, -0.1) is 0 Å². The van der Waals surface area contributed by atoms with Crippen molar-refractivity contribution < 1.29 is 0 Å². The van der Waals surface area contributed by atoms with Crippen LogP contribution in [0.15, 0.2) is 176 Å². The Balaban J connectivity index is 1.25. The van der Waals surface area contributed by atoms with E-state index in [1.54, 1.807) is 0 Å². The minimum atomic E-state index is 0.923. The van der Waals surface area contributed by atoms with Crippen LogP contribution < -0.4 is 20.9 Å². The van der Waals surface area contributed by atoms with E-state index in [1.165, 1.54) is 27.8 Å². The summed E-state index contributed by atoms with van der Waals surface area (Å²) in [6.45, 7) is 40.7. The second kappa shape index (κ2) is 13.6. The van der Waals surface area contributed by atoms with Crippen molar-refractivity contribution in [3.63, 3.8) is 0 Å². The first-order valence-corrected chi connectivity index (χ1v) is 19.9. The molecule has 0 aliphatic heterocycles. The quantitative estimate of drug-likeness (QED) is 0.118. The summed E-state index contributed by atoms with van der Waals surface area (Å²) in [5.41, 5.74) is 21.4. The predicted molar refractivity (Wildman–Crippen MR) is 256 cm³/mol. The summed E-state index contributed by atoms with van der Waals surface area (Å²) in [6.07, 6.45) is 10.7. The van der Waals surface area contributed by atoms with Gasteiger partial charge >= 0.3 is 0 Å². The summed E-state index contributed by atoms with van der Waals surface area (Å²) < 4.78 is 0. The zero-order chi connectivity index (χ0) is 40.7. The Morgan fingerprint density at radius 2 is 1.24 bits per heavy atom. The van der Waals surface area contributed by atoms with E-state index in [2.05, 4.69) is 169 Å². The predicted octanol–water partition coefficient (Wildman–Crippen LogP) is 12.6. The van der Waals surface area contributed by atoms with E-state index in [0.717, 1.165) is 120 Å². The molecule has 3 aliphatic rings. The van der Waals surface area contributed by atoms with Crippen LogP contribution in [0.1, 0.15) is 55.5 Å². The molecule has 3 aliphatic carbocycles. The Kier molecular flexibility index (Phi) is 8.57. The van der Waals surface area contributed by atoms with Crippen LogP contribution in [0.3, 0.4) is 0 Å². The van der Waals surface area contributed by atoms with E-state index in [1.807, 2.05) is 6.08 Å². The van der Waals surface area contributed by atoms with Crippen LogP contribution in [-0.4, -0.2) is 0 Å². The summed E-state index contributed by atoms with van der Waals surface area (Å²) in [7, 11) is 0.